The molecule has 1 fully saturated rings. The third-order valence-electron chi connectivity index (χ3n) is 3.62. The van der Waals surface area contributed by atoms with Crippen molar-refractivity contribution in [3.63, 3.8) is 0 Å². The summed E-state index contributed by atoms with van der Waals surface area (Å²) in [7, 11) is 0. The summed E-state index contributed by atoms with van der Waals surface area (Å²) in [5.74, 6) is 0.0708. The molecule has 0 radical (unpaired) electrons. The van der Waals surface area contributed by atoms with Crippen LogP contribution in [-0.2, 0) is 0 Å². The standard InChI is InChI=1S/C14H22ClN3O/c1-9(2)17-8-12(15)5-13(17)14(19)18-7-10(3)16-6-11(18)4/h5,8-11,16H,6-7H2,1-4H3. The van der Waals surface area contributed by atoms with Gasteiger partial charge in [0.15, 0.2) is 0 Å². The molecule has 0 aliphatic carbocycles. The first-order valence-electron chi connectivity index (χ1n) is 6.82. The molecule has 1 aliphatic rings. The van der Waals surface area contributed by atoms with Gasteiger partial charge in [0.1, 0.15) is 5.69 Å². The van der Waals surface area contributed by atoms with Gasteiger partial charge >= 0.3 is 0 Å². The van der Waals surface area contributed by atoms with Crippen molar-refractivity contribution in [1.82, 2.24) is 14.8 Å². The number of carbonyl (C=O) groups excluding carboxylic acids is 1. The number of hydrogen-bond donors (Lipinski definition) is 1. The van der Waals surface area contributed by atoms with Crippen LogP contribution in [0.4, 0.5) is 0 Å². The lowest BCUT2D eigenvalue weighted by atomic mass is 10.1. The Balaban J connectivity index is 2.28. The number of aromatic nitrogens is 1. The van der Waals surface area contributed by atoms with E-state index in [-0.39, 0.29) is 18.0 Å². The zero-order chi connectivity index (χ0) is 14.2. The fourth-order valence-corrected chi connectivity index (χ4v) is 2.70. The zero-order valence-corrected chi connectivity index (χ0v) is 12.7. The fourth-order valence-electron chi connectivity index (χ4n) is 2.50. The smallest absolute Gasteiger partial charge is 0.270 e. The van der Waals surface area contributed by atoms with Gasteiger partial charge in [-0.1, -0.05) is 11.6 Å². The van der Waals surface area contributed by atoms with Crippen LogP contribution in [0, 0.1) is 0 Å². The summed E-state index contributed by atoms with van der Waals surface area (Å²) in [6.07, 6.45) is 1.83. The molecular formula is C14H22ClN3O. The van der Waals surface area contributed by atoms with Crippen molar-refractivity contribution in [2.75, 3.05) is 13.1 Å². The molecule has 0 spiro atoms. The van der Waals surface area contributed by atoms with Crippen LogP contribution in [-0.4, -0.2) is 40.5 Å². The Labute approximate surface area is 119 Å². The number of carbonyl (C=O) groups is 1. The lowest BCUT2D eigenvalue weighted by molar-refractivity contribution is 0.0603. The normalized spacial score (nSPS) is 24.0. The summed E-state index contributed by atoms with van der Waals surface area (Å²) in [6.45, 7) is 9.85. The highest BCUT2D eigenvalue weighted by Crippen LogP contribution is 2.21. The van der Waals surface area contributed by atoms with Gasteiger partial charge in [-0.3, -0.25) is 4.79 Å². The van der Waals surface area contributed by atoms with Crippen LogP contribution in [0.1, 0.15) is 44.2 Å². The highest BCUT2D eigenvalue weighted by molar-refractivity contribution is 6.31. The molecule has 1 amide bonds. The van der Waals surface area contributed by atoms with Gasteiger partial charge in [0.05, 0.1) is 5.02 Å². The number of nitrogens with zero attached hydrogens (tertiary/aromatic N) is 2. The number of nitrogens with one attached hydrogen (secondary N) is 1. The third kappa shape index (κ3) is 2.95. The van der Waals surface area contributed by atoms with E-state index in [4.69, 9.17) is 11.6 Å². The predicted molar refractivity (Wildman–Crippen MR) is 77.8 cm³/mol. The molecule has 2 unspecified atom stereocenters. The van der Waals surface area contributed by atoms with E-state index >= 15 is 0 Å². The Hall–Kier alpha value is -1.00. The Morgan fingerprint density at radius 1 is 1.47 bits per heavy atom. The van der Waals surface area contributed by atoms with Crippen molar-refractivity contribution >= 4 is 17.5 Å². The van der Waals surface area contributed by atoms with E-state index in [1.165, 1.54) is 0 Å². The fraction of sp³-hybridized carbons (Fsp3) is 0.643. The molecule has 4 nitrogen and oxygen atoms in total. The van der Waals surface area contributed by atoms with Crippen LogP contribution in [0.25, 0.3) is 0 Å². The Bertz CT molecular complexity index is 469. The second kappa shape index (κ2) is 5.55. The van der Waals surface area contributed by atoms with Crippen LogP contribution >= 0.6 is 11.6 Å². The van der Waals surface area contributed by atoms with Crippen LogP contribution in [0.5, 0.6) is 0 Å². The van der Waals surface area contributed by atoms with Crippen molar-refractivity contribution in [2.45, 2.75) is 45.8 Å². The summed E-state index contributed by atoms with van der Waals surface area (Å²) < 4.78 is 1.95. The maximum absolute atomic E-state index is 12.7. The zero-order valence-electron chi connectivity index (χ0n) is 12.0. The van der Waals surface area contributed by atoms with Gasteiger partial charge in [0.2, 0.25) is 0 Å². The number of rotatable bonds is 2. The van der Waals surface area contributed by atoms with Gasteiger partial charge in [-0.05, 0) is 33.8 Å². The highest BCUT2D eigenvalue weighted by atomic mass is 35.5. The monoisotopic (exact) mass is 283 g/mol. The van der Waals surface area contributed by atoms with Crippen molar-refractivity contribution in [3.8, 4) is 0 Å². The van der Waals surface area contributed by atoms with E-state index in [9.17, 15) is 4.79 Å². The van der Waals surface area contributed by atoms with Gasteiger partial charge in [0, 0.05) is 37.4 Å². The summed E-state index contributed by atoms with van der Waals surface area (Å²) in [5.41, 5.74) is 0.681. The molecule has 2 heterocycles. The van der Waals surface area contributed by atoms with Crippen LogP contribution in [0.15, 0.2) is 12.3 Å². The first-order chi connectivity index (χ1) is 8.90. The second-order valence-electron chi connectivity index (χ2n) is 5.66. The summed E-state index contributed by atoms with van der Waals surface area (Å²) in [5, 5.41) is 4.00. The number of amides is 1. The third-order valence-corrected chi connectivity index (χ3v) is 3.82. The molecule has 19 heavy (non-hydrogen) atoms. The van der Waals surface area contributed by atoms with Gasteiger partial charge in [0.25, 0.3) is 5.91 Å². The van der Waals surface area contributed by atoms with Gasteiger partial charge in [-0.2, -0.15) is 0 Å². The maximum Gasteiger partial charge on any atom is 0.270 e. The first-order valence-corrected chi connectivity index (χ1v) is 7.19. The molecule has 2 rings (SSSR count). The van der Waals surface area contributed by atoms with E-state index in [1.807, 2.05) is 15.7 Å². The molecule has 1 aromatic rings. The van der Waals surface area contributed by atoms with E-state index in [0.29, 0.717) is 16.8 Å². The molecule has 5 heteroatoms. The van der Waals surface area contributed by atoms with Crippen LogP contribution in [0.3, 0.4) is 0 Å². The van der Waals surface area contributed by atoms with Gasteiger partial charge in [-0.15, -0.1) is 0 Å². The van der Waals surface area contributed by atoms with E-state index in [2.05, 4.69) is 33.0 Å². The summed E-state index contributed by atoms with van der Waals surface area (Å²) in [4.78, 5) is 14.6. The number of hydrogen-bond acceptors (Lipinski definition) is 2. The minimum atomic E-state index is 0.0708. The summed E-state index contributed by atoms with van der Waals surface area (Å²) >= 11 is 6.05. The number of halogens is 1. The van der Waals surface area contributed by atoms with E-state index < -0.39 is 0 Å². The Morgan fingerprint density at radius 2 is 2.16 bits per heavy atom. The average Bonchev–Trinajstić information content (AvgIpc) is 2.74. The molecule has 1 saturated heterocycles. The molecular weight excluding hydrogens is 262 g/mol. The largest absolute Gasteiger partial charge is 0.339 e. The maximum atomic E-state index is 12.7. The van der Waals surface area contributed by atoms with Gasteiger partial charge in [-0.25, -0.2) is 0 Å². The predicted octanol–water partition coefficient (Wildman–Crippen LogP) is 2.54. The van der Waals surface area contributed by atoms with Gasteiger partial charge < -0.3 is 14.8 Å². The topological polar surface area (TPSA) is 37.3 Å². The number of piperazine rings is 1. The van der Waals surface area contributed by atoms with Crippen molar-refractivity contribution in [2.24, 2.45) is 0 Å². The molecule has 1 N–H and O–H groups in total. The van der Waals surface area contributed by atoms with Crippen molar-refractivity contribution in [3.05, 3.63) is 23.0 Å². The van der Waals surface area contributed by atoms with E-state index in [1.54, 1.807) is 6.07 Å². The molecule has 1 aromatic heterocycles. The van der Waals surface area contributed by atoms with Crippen molar-refractivity contribution in [1.29, 1.82) is 0 Å². The minimum absolute atomic E-state index is 0.0708. The lowest BCUT2D eigenvalue weighted by Crippen LogP contribution is -2.56. The molecule has 106 valence electrons. The average molecular weight is 284 g/mol. The molecule has 0 saturated carbocycles. The van der Waals surface area contributed by atoms with Crippen LogP contribution in [0.2, 0.25) is 5.02 Å². The lowest BCUT2D eigenvalue weighted by Gasteiger charge is -2.37. The molecule has 0 aromatic carbocycles. The Morgan fingerprint density at radius 3 is 2.79 bits per heavy atom. The quantitative estimate of drug-likeness (QED) is 0.906. The Kier molecular flexibility index (Phi) is 4.21. The molecule has 2 atom stereocenters. The van der Waals surface area contributed by atoms with Crippen molar-refractivity contribution < 1.29 is 4.79 Å². The SMILES string of the molecule is CC1CN(C(=O)c2cc(Cl)cn2C(C)C)C(C)CN1. The minimum Gasteiger partial charge on any atom is -0.339 e. The summed E-state index contributed by atoms with van der Waals surface area (Å²) in [6, 6.07) is 2.53. The highest BCUT2D eigenvalue weighted by Gasteiger charge is 2.29. The first kappa shape index (κ1) is 14.4. The molecule has 0 bridgehead atoms. The second-order valence-corrected chi connectivity index (χ2v) is 6.10. The van der Waals surface area contributed by atoms with Crippen LogP contribution < -0.4 is 5.32 Å². The van der Waals surface area contributed by atoms with E-state index in [0.717, 1.165) is 13.1 Å². The molecule has 1 aliphatic heterocycles.